The number of carbonyl (C=O) groups excluding carboxylic acids is 1. The number of methoxy groups -OCH3 is 2. The molecule has 0 bridgehead atoms. The molecule has 7 heteroatoms. The quantitative estimate of drug-likeness (QED) is 0.744. The van der Waals surface area contributed by atoms with Crippen molar-refractivity contribution in [3.63, 3.8) is 0 Å². The van der Waals surface area contributed by atoms with Crippen molar-refractivity contribution in [1.82, 2.24) is 5.32 Å². The van der Waals surface area contributed by atoms with Crippen LogP contribution in [0.2, 0.25) is 0 Å². The topological polar surface area (TPSA) is 73.6 Å². The summed E-state index contributed by atoms with van der Waals surface area (Å²) in [6.07, 6.45) is 0.870. The lowest BCUT2D eigenvalue weighted by atomic mass is 9.99. The normalized spacial score (nSPS) is 12.8. The average molecular weight is 396 g/mol. The number of hydrogen-bond donors (Lipinski definition) is 2. The molecule has 0 aromatic heterocycles. The van der Waals surface area contributed by atoms with Gasteiger partial charge in [-0.05, 0) is 23.6 Å². The van der Waals surface area contributed by atoms with Gasteiger partial charge in [-0.15, -0.1) is 12.4 Å². The average Bonchev–Trinajstić information content (AvgIpc) is 2.51. The van der Waals surface area contributed by atoms with E-state index in [2.05, 4.69) is 21.2 Å². The third-order valence-electron chi connectivity index (χ3n) is 3.57. The molecule has 22 heavy (non-hydrogen) atoms. The summed E-state index contributed by atoms with van der Waals surface area (Å²) in [5.41, 5.74) is 6.81. The maximum atomic E-state index is 12.0. The Morgan fingerprint density at radius 2 is 1.86 bits per heavy atom. The molecule has 0 saturated heterocycles. The van der Waals surface area contributed by atoms with Crippen LogP contribution in [0.1, 0.15) is 25.8 Å². The molecule has 1 rings (SSSR count). The number of hydrogen-bond acceptors (Lipinski definition) is 4. The monoisotopic (exact) mass is 394 g/mol. The Bertz CT molecular complexity index is 500. The van der Waals surface area contributed by atoms with Crippen LogP contribution in [-0.2, 0) is 11.3 Å². The van der Waals surface area contributed by atoms with Crippen molar-refractivity contribution in [1.29, 1.82) is 0 Å². The zero-order valence-electron chi connectivity index (χ0n) is 13.3. The zero-order chi connectivity index (χ0) is 16.0. The van der Waals surface area contributed by atoms with Crippen LogP contribution in [0.5, 0.6) is 11.5 Å². The number of nitrogens with two attached hydrogens (primary N) is 1. The molecule has 0 spiro atoms. The summed E-state index contributed by atoms with van der Waals surface area (Å²) in [6, 6.07) is 3.15. The van der Waals surface area contributed by atoms with E-state index < -0.39 is 6.04 Å². The number of benzene rings is 1. The number of nitrogens with one attached hydrogen (secondary N) is 1. The lowest BCUT2D eigenvalue weighted by molar-refractivity contribution is -0.123. The molecule has 2 unspecified atom stereocenters. The predicted octanol–water partition coefficient (Wildman–Crippen LogP) is 2.88. The minimum atomic E-state index is -0.492. The lowest BCUT2D eigenvalue weighted by Crippen LogP contribution is -2.44. The van der Waals surface area contributed by atoms with Gasteiger partial charge in [-0.1, -0.05) is 36.2 Å². The Morgan fingerprint density at radius 1 is 1.32 bits per heavy atom. The first-order valence-electron chi connectivity index (χ1n) is 6.88. The van der Waals surface area contributed by atoms with Gasteiger partial charge in [-0.2, -0.15) is 0 Å². The van der Waals surface area contributed by atoms with E-state index in [4.69, 9.17) is 15.2 Å². The molecule has 1 amide bonds. The molecule has 2 atom stereocenters. The van der Waals surface area contributed by atoms with Gasteiger partial charge in [-0.3, -0.25) is 4.79 Å². The van der Waals surface area contributed by atoms with Crippen molar-refractivity contribution in [3.8, 4) is 11.5 Å². The van der Waals surface area contributed by atoms with E-state index in [0.717, 1.165) is 16.5 Å². The molecule has 0 saturated carbocycles. The summed E-state index contributed by atoms with van der Waals surface area (Å²) < 4.78 is 11.3. The van der Waals surface area contributed by atoms with Crippen LogP contribution in [0.25, 0.3) is 0 Å². The fourth-order valence-electron chi connectivity index (χ4n) is 1.84. The highest BCUT2D eigenvalue weighted by Gasteiger charge is 2.19. The summed E-state index contributed by atoms with van der Waals surface area (Å²) in [5.74, 6) is 1.26. The SMILES string of the molecule is CCC(C)C(N)C(=O)NCc1cc(OC)c(OC)cc1Br.Cl. The Kier molecular flexibility index (Phi) is 9.48. The van der Waals surface area contributed by atoms with E-state index in [0.29, 0.717) is 18.0 Å². The van der Waals surface area contributed by atoms with Gasteiger partial charge in [0.1, 0.15) is 0 Å². The van der Waals surface area contributed by atoms with E-state index >= 15 is 0 Å². The Morgan fingerprint density at radius 3 is 2.36 bits per heavy atom. The standard InChI is InChI=1S/C15H23BrN2O3.ClH/c1-5-9(2)14(17)15(19)18-8-10-6-12(20-3)13(21-4)7-11(10)16;/h6-7,9,14H,5,8,17H2,1-4H3,(H,18,19);1H. The third-order valence-corrected chi connectivity index (χ3v) is 4.30. The van der Waals surface area contributed by atoms with Crippen LogP contribution in [0.3, 0.4) is 0 Å². The van der Waals surface area contributed by atoms with Crippen LogP contribution in [0, 0.1) is 5.92 Å². The van der Waals surface area contributed by atoms with Crippen LogP contribution in [-0.4, -0.2) is 26.2 Å². The highest BCUT2D eigenvalue weighted by molar-refractivity contribution is 9.10. The van der Waals surface area contributed by atoms with Crippen LogP contribution < -0.4 is 20.5 Å². The van der Waals surface area contributed by atoms with Crippen molar-refractivity contribution >= 4 is 34.2 Å². The highest BCUT2D eigenvalue weighted by atomic mass is 79.9. The number of amides is 1. The van der Waals surface area contributed by atoms with E-state index in [9.17, 15) is 4.79 Å². The molecule has 0 aliphatic heterocycles. The smallest absolute Gasteiger partial charge is 0.237 e. The second-order valence-electron chi connectivity index (χ2n) is 4.93. The van der Waals surface area contributed by atoms with Gasteiger partial charge >= 0.3 is 0 Å². The Labute approximate surface area is 146 Å². The zero-order valence-corrected chi connectivity index (χ0v) is 15.7. The number of ether oxygens (including phenoxy) is 2. The molecule has 5 nitrogen and oxygen atoms in total. The van der Waals surface area contributed by atoms with Crippen LogP contribution in [0.4, 0.5) is 0 Å². The van der Waals surface area contributed by atoms with Crippen LogP contribution >= 0.6 is 28.3 Å². The van der Waals surface area contributed by atoms with Gasteiger partial charge in [0, 0.05) is 11.0 Å². The molecular formula is C15H24BrClN2O3. The largest absolute Gasteiger partial charge is 0.493 e. The second kappa shape index (κ2) is 9.92. The van der Waals surface area contributed by atoms with Gasteiger partial charge < -0.3 is 20.5 Å². The summed E-state index contributed by atoms with van der Waals surface area (Å²) >= 11 is 3.46. The molecule has 0 aliphatic rings. The fraction of sp³-hybridized carbons (Fsp3) is 0.533. The van der Waals surface area contributed by atoms with E-state index in [1.54, 1.807) is 14.2 Å². The maximum absolute atomic E-state index is 12.0. The summed E-state index contributed by atoms with van der Waals surface area (Å²) in [6.45, 7) is 4.36. The van der Waals surface area contributed by atoms with E-state index in [-0.39, 0.29) is 24.2 Å². The minimum absolute atomic E-state index is 0. The molecule has 1 aromatic rings. The van der Waals surface area contributed by atoms with Crippen LogP contribution in [0.15, 0.2) is 16.6 Å². The second-order valence-corrected chi connectivity index (χ2v) is 5.78. The van der Waals surface area contributed by atoms with Gasteiger partial charge in [0.2, 0.25) is 5.91 Å². The predicted molar refractivity (Wildman–Crippen MR) is 93.8 cm³/mol. The number of halogens is 2. The molecule has 0 fully saturated rings. The van der Waals surface area contributed by atoms with E-state index in [1.807, 2.05) is 26.0 Å². The van der Waals surface area contributed by atoms with Gasteiger partial charge in [0.05, 0.1) is 20.3 Å². The van der Waals surface area contributed by atoms with Crippen molar-refractivity contribution in [3.05, 3.63) is 22.2 Å². The maximum Gasteiger partial charge on any atom is 0.237 e. The Balaban J connectivity index is 0.00000441. The summed E-state index contributed by atoms with van der Waals surface area (Å²) in [4.78, 5) is 12.0. The summed E-state index contributed by atoms with van der Waals surface area (Å²) in [5, 5.41) is 2.85. The molecule has 0 radical (unpaired) electrons. The molecule has 0 heterocycles. The van der Waals surface area contributed by atoms with Gasteiger partial charge in [0.25, 0.3) is 0 Å². The lowest BCUT2D eigenvalue weighted by Gasteiger charge is -2.18. The van der Waals surface area contributed by atoms with Gasteiger partial charge in [-0.25, -0.2) is 0 Å². The molecule has 1 aromatic carbocycles. The minimum Gasteiger partial charge on any atom is -0.493 e. The fourth-order valence-corrected chi connectivity index (χ4v) is 2.31. The van der Waals surface area contributed by atoms with Crippen molar-refractivity contribution in [2.24, 2.45) is 11.7 Å². The van der Waals surface area contributed by atoms with E-state index in [1.165, 1.54) is 0 Å². The highest BCUT2D eigenvalue weighted by Crippen LogP contribution is 2.33. The Hall–Kier alpha value is -0.980. The first-order chi connectivity index (χ1) is 9.94. The summed E-state index contributed by atoms with van der Waals surface area (Å²) in [7, 11) is 3.16. The first kappa shape index (κ1) is 21.0. The van der Waals surface area contributed by atoms with Crippen molar-refractivity contribution < 1.29 is 14.3 Å². The molecule has 126 valence electrons. The molecule has 3 N–H and O–H groups in total. The number of rotatable bonds is 7. The van der Waals surface area contributed by atoms with Gasteiger partial charge in [0.15, 0.2) is 11.5 Å². The molecule has 0 aliphatic carbocycles. The molecular weight excluding hydrogens is 372 g/mol. The van der Waals surface area contributed by atoms with Crippen molar-refractivity contribution in [2.75, 3.05) is 14.2 Å². The third kappa shape index (κ3) is 5.34. The number of carbonyl (C=O) groups is 1. The van der Waals surface area contributed by atoms with Crippen molar-refractivity contribution in [2.45, 2.75) is 32.9 Å². The first-order valence-corrected chi connectivity index (χ1v) is 7.67.